The molecule has 2 aromatic heterocycles. The van der Waals surface area contributed by atoms with Crippen molar-refractivity contribution in [3.8, 4) is 0 Å². The topological polar surface area (TPSA) is 87.2 Å². The standard InChI is InChI=1S/C20H31N5O2/c1-5-11-22-20-23-18(17-16(21)12-25(4)19(17)24-20)14-7-9-15(10-8-14)27-13(3)26-6-2/h5,12-15H,1,6-11,21H2,2-4H3,(H,22,23,24)/t13?,14-,15-. The van der Waals surface area contributed by atoms with E-state index >= 15 is 0 Å². The van der Waals surface area contributed by atoms with Crippen LogP contribution in [0.25, 0.3) is 11.0 Å². The summed E-state index contributed by atoms with van der Waals surface area (Å²) < 4.78 is 13.5. The van der Waals surface area contributed by atoms with E-state index in [0.717, 1.165) is 48.1 Å². The predicted molar refractivity (Wildman–Crippen MR) is 109 cm³/mol. The molecule has 0 saturated heterocycles. The third-order valence-electron chi connectivity index (χ3n) is 5.12. The highest BCUT2D eigenvalue weighted by Gasteiger charge is 2.28. The Balaban J connectivity index is 1.80. The lowest BCUT2D eigenvalue weighted by Crippen LogP contribution is -2.26. The van der Waals surface area contributed by atoms with Gasteiger partial charge in [-0.15, -0.1) is 6.58 Å². The molecular formula is C20H31N5O2. The molecular weight excluding hydrogens is 342 g/mol. The Morgan fingerprint density at radius 3 is 2.78 bits per heavy atom. The summed E-state index contributed by atoms with van der Waals surface area (Å²) in [7, 11) is 1.96. The van der Waals surface area contributed by atoms with Crippen molar-refractivity contribution in [3.05, 3.63) is 24.5 Å². The molecule has 0 radical (unpaired) electrons. The van der Waals surface area contributed by atoms with Crippen LogP contribution < -0.4 is 11.1 Å². The molecule has 7 nitrogen and oxygen atoms in total. The average molecular weight is 374 g/mol. The second-order valence-corrected chi connectivity index (χ2v) is 7.13. The molecule has 1 fully saturated rings. The zero-order chi connectivity index (χ0) is 19.4. The van der Waals surface area contributed by atoms with E-state index in [1.165, 1.54) is 0 Å². The van der Waals surface area contributed by atoms with Gasteiger partial charge in [-0.05, 0) is 39.5 Å². The molecule has 1 aliphatic rings. The van der Waals surface area contributed by atoms with Gasteiger partial charge in [0.1, 0.15) is 5.65 Å². The molecule has 27 heavy (non-hydrogen) atoms. The lowest BCUT2D eigenvalue weighted by atomic mass is 9.84. The van der Waals surface area contributed by atoms with E-state index in [1.807, 2.05) is 31.7 Å². The van der Waals surface area contributed by atoms with E-state index < -0.39 is 0 Å². The van der Waals surface area contributed by atoms with Crippen LogP contribution in [0, 0.1) is 0 Å². The first-order chi connectivity index (χ1) is 13.0. The van der Waals surface area contributed by atoms with Crippen LogP contribution in [-0.2, 0) is 16.5 Å². The van der Waals surface area contributed by atoms with Gasteiger partial charge in [0.2, 0.25) is 5.95 Å². The molecule has 2 aromatic rings. The fourth-order valence-corrected chi connectivity index (χ4v) is 3.89. The van der Waals surface area contributed by atoms with E-state index in [9.17, 15) is 0 Å². The predicted octanol–water partition coefficient (Wildman–Crippen LogP) is 3.57. The fraction of sp³-hybridized carbons (Fsp3) is 0.600. The first-order valence-corrected chi connectivity index (χ1v) is 9.77. The molecule has 1 atom stereocenters. The van der Waals surface area contributed by atoms with Crippen LogP contribution in [0.15, 0.2) is 18.9 Å². The number of nitrogens with one attached hydrogen (secondary N) is 1. The minimum Gasteiger partial charge on any atom is -0.397 e. The highest BCUT2D eigenvalue weighted by atomic mass is 16.7. The van der Waals surface area contributed by atoms with Crippen LogP contribution in [0.2, 0.25) is 0 Å². The Labute approximate surface area is 161 Å². The zero-order valence-corrected chi connectivity index (χ0v) is 16.6. The largest absolute Gasteiger partial charge is 0.397 e. The van der Waals surface area contributed by atoms with Crippen molar-refractivity contribution in [3.63, 3.8) is 0 Å². The Bertz CT molecular complexity index is 780. The normalized spacial score (nSPS) is 21.3. The van der Waals surface area contributed by atoms with Gasteiger partial charge in [0.05, 0.1) is 22.9 Å². The first kappa shape index (κ1) is 19.6. The SMILES string of the molecule is C=CCNc1nc2c(c(N)cn2C)c([C@H]2CC[C@H](OC(C)OCC)CC2)n1. The summed E-state index contributed by atoms with van der Waals surface area (Å²) in [6.07, 6.45) is 7.84. The molecule has 1 aliphatic carbocycles. The van der Waals surface area contributed by atoms with Gasteiger partial charge in [0, 0.05) is 32.3 Å². The van der Waals surface area contributed by atoms with Crippen molar-refractivity contribution in [2.75, 3.05) is 24.2 Å². The fourth-order valence-electron chi connectivity index (χ4n) is 3.89. The van der Waals surface area contributed by atoms with Crippen molar-refractivity contribution in [1.82, 2.24) is 14.5 Å². The monoisotopic (exact) mass is 373 g/mol. The number of ether oxygens (including phenoxy) is 2. The third-order valence-corrected chi connectivity index (χ3v) is 5.12. The Morgan fingerprint density at radius 1 is 1.37 bits per heavy atom. The molecule has 7 heteroatoms. The van der Waals surface area contributed by atoms with Gasteiger partial charge >= 0.3 is 0 Å². The maximum absolute atomic E-state index is 6.28. The number of aromatic nitrogens is 3. The molecule has 3 rings (SSSR count). The highest BCUT2D eigenvalue weighted by Crippen LogP contribution is 2.38. The highest BCUT2D eigenvalue weighted by molar-refractivity contribution is 5.92. The van der Waals surface area contributed by atoms with E-state index in [1.54, 1.807) is 6.08 Å². The molecule has 0 aromatic carbocycles. The molecule has 0 aliphatic heterocycles. The van der Waals surface area contributed by atoms with E-state index in [-0.39, 0.29) is 12.4 Å². The number of hydrogen-bond donors (Lipinski definition) is 2. The third kappa shape index (κ3) is 4.42. The number of anilines is 2. The summed E-state index contributed by atoms with van der Waals surface area (Å²) in [6, 6.07) is 0. The van der Waals surface area contributed by atoms with E-state index in [4.69, 9.17) is 20.2 Å². The van der Waals surface area contributed by atoms with E-state index in [2.05, 4.69) is 16.9 Å². The van der Waals surface area contributed by atoms with Gasteiger partial charge in [0.25, 0.3) is 0 Å². The van der Waals surface area contributed by atoms with Gasteiger partial charge in [-0.1, -0.05) is 6.08 Å². The first-order valence-electron chi connectivity index (χ1n) is 9.77. The lowest BCUT2D eigenvalue weighted by molar-refractivity contribution is -0.164. The summed E-state index contributed by atoms with van der Waals surface area (Å²) >= 11 is 0. The molecule has 1 unspecified atom stereocenters. The Morgan fingerprint density at radius 2 is 2.11 bits per heavy atom. The quantitative estimate of drug-likeness (QED) is 0.543. The molecule has 148 valence electrons. The van der Waals surface area contributed by atoms with Crippen LogP contribution in [0.1, 0.15) is 51.1 Å². The number of nitrogen functional groups attached to an aromatic ring is 1. The molecule has 2 heterocycles. The number of aryl methyl sites for hydroxylation is 1. The second kappa shape index (κ2) is 8.71. The Hall–Kier alpha value is -2.12. The van der Waals surface area contributed by atoms with Crippen molar-refractivity contribution >= 4 is 22.7 Å². The molecule has 0 amide bonds. The van der Waals surface area contributed by atoms with Crippen LogP contribution in [-0.4, -0.2) is 40.1 Å². The number of nitrogens with zero attached hydrogens (tertiary/aromatic N) is 3. The van der Waals surface area contributed by atoms with Gasteiger partial charge in [-0.25, -0.2) is 4.98 Å². The summed E-state index contributed by atoms with van der Waals surface area (Å²) in [6.45, 7) is 8.99. The average Bonchev–Trinajstić information content (AvgIpc) is 2.94. The van der Waals surface area contributed by atoms with Gasteiger partial charge < -0.3 is 25.1 Å². The molecule has 0 spiro atoms. The molecule has 0 bridgehead atoms. The minimum absolute atomic E-state index is 0.151. The van der Waals surface area contributed by atoms with Gasteiger partial charge in [-0.3, -0.25) is 0 Å². The van der Waals surface area contributed by atoms with Crippen molar-refractivity contribution in [2.24, 2.45) is 7.05 Å². The van der Waals surface area contributed by atoms with Gasteiger partial charge in [0.15, 0.2) is 6.29 Å². The summed E-state index contributed by atoms with van der Waals surface area (Å²) in [4.78, 5) is 9.46. The summed E-state index contributed by atoms with van der Waals surface area (Å²) in [5.74, 6) is 0.980. The lowest BCUT2D eigenvalue weighted by Gasteiger charge is -2.30. The zero-order valence-electron chi connectivity index (χ0n) is 16.6. The number of fused-ring (bicyclic) bond motifs is 1. The smallest absolute Gasteiger partial charge is 0.225 e. The van der Waals surface area contributed by atoms with Crippen LogP contribution in [0.5, 0.6) is 0 Å². The Kier molecular flexibility index (Phi) is 6.34. The number of nitrogens with two attached hydrogens (primary N) is 1. The van der Waals surface area contributed by atoms with E-state index in [0.29, 0.717) is 25.0 Å². The molecule has 3 N–H and O–H groups in total. The maximum Gasteiger partial charge on any atom is 0.225 e. The maximum atomic E-state index is 6.28. The molecule has 1 saturated carbocycles. The minimum atomic E-state index is -0.151. The van der Waals surface area contributed by atoms with Crippen LogP contribution in [0.3, 0.4) is 0 Å². The summed E-state index contributed by atoms with van der Waals surface area (Å²) in [5.41, 5.74) is 8.93. The number of hydrogen-bond acceptors (Lipinski definition) is 6. The second-order valence-electron chi connectivity index (χ2n) is 7.13. The number of rotatable bonds is 8. The van der Waals surface area contributed by atoms with Crippen molar-refractivity contribution < 1.29 is 9.47 Å². The van der Waals surface area contributed by atoms with Crippen molar-refractivity contribution in [2.45, 2.75) is 57.8 Å². The summed E-state index contributed by atoms with van der Waals surface area (Å²) in [5, 5.41) is 4.20. The van der Waals surface area contributed by atoms with Gasteiger partial charge in [-0.2, -0.15) is 4.98 Å². The van der Waals surface area contributed by atoms with Crippen molar-refractivity contribution in [1.29, 1.82) is 0 Å². The van der Waals surface area contributed by atoms with Crippen LogP contribution in [0.4, 0.5) is 11.6 Å². The van der Waals surface area contributed by atoms with Crippen LogP contribution >= 0.6 is 0 Å².